The first kappa shape index (κ1) is 14.8. The second-order valence-electron chi connectivity index (χ2n) is 4.66. The van der Waals surface area contributed by atoms with E-state index in [0.717, 1.165) is 16.9 Å². The summed E-state index contributed by atoms with van der Waals surface area (Å²) in [6.07, 6.45) is 2.41. The molecule has 0 N–H and O–H groups in total. The quantitative estimate of drug-likeness (QED) is 0.815. The Morgan fingerprint density at radius 2 is 1.80 bits per heavy atom. The second-order valence-corrected chi connectivity index (χ2v) is 7.22. The van der Waals surface area contributed by atoms with E-state index in [-0.39, 0.29) is 4.90 Å². The molecule has 0 atom stereocenters. The third kappa shape index (κ3) is 3.71. The van der Waals surface area contributed by atoms with Gasteiger partial charge in [0, 0.05) is 48.8 Å². The van der Waals surface area contributed by atoms with Gasteiger partial charge in [-0.2, -0.15) is 0 Å². The molecular weight excluding hydrogens is 296 g/mol. The zero-order valence-electron chi connectivity index (χ0n) is 11.2. The zero-order chi connectivity index (χ0) is 14.8. The number of rotatable bonds is 4. The van der Waals surface area contributed by atoms with Crippen LogP contribution in [0.25, 0.3) is 0 Å². The fourth-order valence-electron chi connectivity index (χ4n) is 1.82. The van der Waals surface area contributed by atoms with Crippen molar-refractivity contribution in [3.8, 4) is 0 Å². The minimum absolute atomic E-state index is 0.109. The molecule has 1 heterocycles. The Kier molecular flexibility index (Phi) is 4.30. The van der Waals surface area contributed by atoms with E-state index in [1.165, 1.54) is 12.1 Å². The number of hydrogen-bond acceptors (Lipinski definition) is 4. The van der Waals surface area contributed by atoms with E-state index < -0.39 is 9.05 Å². The fourth-order valence-corrected chi connectivity index (χ4v) is 2.59. The maximum absolute atomic E-state index is 11.2. The molecule has 0 amide bonds. The lowest BCUT2D eigenvalue weighted by Gasteiger charge is -2.13. The predicted octanol–water partition coefficient (Wildman–Crippen LogP) is 2.67. The summed E-state index contributed by atoms with van der Waals surface area (Å²) in [5, 5.41) is 0. The van der Waals surface area contributed by atoms with Crippen molar-refractivity contribution in [1.29, 1.82) is 0 Å². The van der Waals surface area contributed by atoms with Crippen LogP contribution in [-0.2, 0) is 15.5 Å². The van der Waals surface area contributed by atoms with Gasteiger partial charge in [0.1, 0.15) is 0 Å². The van der Waals surface area contributed by atoms with Crippen molar-refractivity contribution in [1.82, 2.24) is 4.98 Å². The lowest BCUT2D eigenvalue weighted by molar-refractivity contribution is 0.609. The first-order valence-electron chi connectivity index (χ1n) is 6.02. The van der Waals surface area contributed by atoms with Crippen molar-refractivity contribution in [2.75, 3.05) is 19.0 Å². The van der Waals surface area contributed by atoms with Crippen LogP contribution in [0.1, 0.15) is 11.3 Å². The predicted molar refractivity (Wildman–Crippen MR) is 80.9 cm³/mol. The monoisotopic (exact) mass is 310 g/mol. The summed E-state index contributed by atoms with van der Waals surface area (Å²) in [5.41, 5.74) is 2.99. The molecule has 0 bridgehead atoms. The van der Waals surface area contributed by atoms with Gasteiger partial charge < -0.3 is 4.90 Å². The molecule has 2 rings (SSSR count). The number of halogens is 1. The van der Waals surface area contributed by atoms with Crippen LogP contribution in [0.4, 0.5) is 5.69 Å². The lowest BCUT2D eigenvalue weighted by Crippen LogP contribution is -2.09. The molecule has 20 heavy (non-hydrogen) atoms. The molecule has 6 heteroatoms. The van der Waals surface area contributed by atoms with Gasteiger partial charge in [-0.05, 0) is 29.8 Å². The SMILES string of the molecule is CN(C)c1ccnc(Cc2ccc(S(=O)(=O)Cl)cc2)c1. The van der Waals surface area contributed by atoms with Crippen molar-refractivity contribution < 1.29 is 8.42 Å². The van der Waals surface area contributed by atoms with Gasteiger partial charge >= 0.3 is 0 Å². The average Bonchev–Trinajstić information content (AvgIpc) is 2.38. The Bertz CT molecular complexity index is 697. The lowest BCUT2D eigenvalue weighted by atomic mass is 10.1. The molecule has 0 aliphatic heterocycles. The number of benzene rings is 1. The van der Waals surface area contributed by atoms with E-state index in [2.05, 4.69) is 4.98 Å². The second kappa shape index (κ2) is 5.81. The van der Waals surface area contributed by atoms with Crippen molar-refractivity contribution in [3.63, 3.8) is 0 Å². The normalized spacial score (nSPS) is 11.3. The van der Waals surface area contributed by atoms with Crippen LogP contribution in [0.3, 0.4) is 0 Å². The van der Waals surface area contributed by atoms with Crippen LogP contribution in [0.5, 0.6) is 0 Å². The van der Waals surface area contributed by atoms with Crippen molar-refractivity contribution in [3.05, 3.63) is 53.9 Å². The fraction of sp³-hybridized carbons (Fsp3) is 0.214. The molecule has 1 aromatic carbocycles. The minimum Gasteiger partial charge on any atom is -0.378 e. The summed E-state index contributed by atoms with van der Waals surface area (Å²) in [6.45, 7) is 0. The summed E-state index contributed by atoms with van der Waals surface area (Å²) in [4.78, 5) is 6.43. The van der Waals surface area contributed by atoms with Gasteiger partial charge in [-0.3, -0.25) is 4.98 Å². The highest BCUT2D eigenvalue weighted by molar-refractivity contribution is 8.13. The summed E-state index contributed by atoms with van der Waals surface area (Å²) in [7, 11) is 5.56. The zero-order valence-corrected chi connectivity index (χ0v) is 12.8. The number of aromatic nitrogens is 1. The summed E-state index contributed by atoms with van der Waals surface area (Å²) < 4.78 is 22.3. The Morgan fingerprint density at radius 1 is 1.15 bits per heavy atom. The van der Waals surface area contributed by atoms with Crippen LogP contribution >= 0.6 is 10.7 Å². The smallest absolute Gasteiger partial charge is 0.261 e. The molecular formula is C14H15ClN2O2S. The van der Waals surface area contributed by atoms with Crippen LogP contribution in [0, 0.1) is 0 Å². The molecule has 1 aromatic heterocycles. The highest BCUT2D eigenvalue weighted by Crippen LogP contribution is 2.18. The topological polar surface area (TPSA) is 50.3 Å². The van der Waals surface area contributed by atoms with Crippen LogP contribution in [-0.4, -0.2) is 27.5 Å². The van der Waals surface area contributed by atoms with Gasteiger partial charge in [0.2, 0.25) is 0 Å². The molecule has 0 aliphatic rings. The van der Waals surface area contributed by atoms with Gasteiger partial charge in [-0.15, -0.1) is 0 Å². The number of pyridine rings is 1. The molecule has 4 nitrogen and oxygen atoms in total. The Labute approximate surface area is 123 Å². The maximum atomic E-state index is 11.2. The Morgan fingerprint density at radius 3 is 2.35 bits per heavy atom. The molecule has 2 aromatic rings. The third-order valence-corrected chi connectivity index (χ3v) is 4.28. The van der Waals surface area contributed by atoms with Crippen molar-refractivity contribution in [2.24, 2.45) is 0 Å². The van der Waals surface area contributed by atoms with Crippen molar-refractivity contribution >= 4 is 25.4 Å². The van der Waals surface area contributed by atoms with Gasteiger partial charge in [0.15, 0.2) is 0 Å². The molecule has 106 valence electrons. The van der Waals surface area contributed by atoms with Crippen LogP contribution in [0.15, 0.2) is 47.5 Å². The van der Waals surface area contributed by atoms with E-state index in [1.54, 1.807) is 18.3 Å². The Hall–Kier alpha value is -1.59. The standard InChI is InChI=1S/C14H15ClN2O2S/c1-17(2)13-7-8-16-12(10-13)9-11-3-5-14(6-4-11)20(15,18)19/h3-8,10H,9H2,1-2H3. The van der Waals surface area contributed by atoms with E-state index in [4.69, 9.17) is 10.7 Å². The molecule has 0 aliphatic carbocycles. The van der Waals surface area contributed by atoms with Gasteiger partial charge in [0.25, 0.3) is 9.05 Å². The highest BCUT2D eigenvalue weighted by atomic mass is 35.7. The molecule has 0 saturated heterocycles. The van der Waals surface area contributed by atoms with Gasteiger partial charge in [-0.25, -0.2) is 8.42 Å². The highest BCUT2D eigenvalue weighted by Gasteiger charge is 2.09. The first-order chi connectivity index (χ1) is 9.36. The number of hydrogen-bond donors (Lipinski definition) is 0. The van der Waals surface area contributed by atoms with E-state index >= 15 is 0 Å². The average molecular weight is 311 g/mol. The largest absolute Gasteiger partial charge is 0.378 e. The third-order valence-electron chi connectivity index (χ3n) is 2.91. The maximum Gasteiger partial charge on any atom is 0.261 e. The van der Waals surface area contributed by atoms with E-state index in [1.807, 2.05) is 31.1 Å². The van der Waals surface area contributed by atoms with Gasteiger partial charge in [0.05, 0.1) is 4.90 Å². The van der Waals surface area contributed by atoms with Crippen molar-refractivity contribution in [2.45, 2.75) is 11.3 Å². The number of nitrogens with zero attached hydrogens (tertiary/aromatic N) is 2. The summed E-state index contributed by atoms with van der Waals surface area (Å²) in [6, 6.07) is 10.5. The molecule has 0 unspecified atom stereocenters. The summed E-state index contributed by atoms with van der Waals surface area (Å²) >= 11 is 0. The van der Waals surface area contributed by atoms with Gasteiger partial charge in [-0.1, -0.05) is 12.1 Å². The van der Waals surface area contributed by atoms with Crippen LogP contribution in [0.2, 0.25) is 0 Å². The first-order valence-corrected chi connectivity index (χ1v) is 8.33. The Balaban J connectivity index is 2.20. The molecule has 0 fully saturated rings. The molecule has 0 saturated carbocycles. The molecule has 0 radical (unpaired) electrons. The van der Waals surface area contributed by atoms with E-state index in [9.17, 15) is 8.42 Å². The molecule has 0 spiro atoms. The number of anilines is 1. The summed E-state index contributed by atoms with van der Waals surface area (Å²) in [5.74, 6) is 0. The van der Waals surface area contributed by atoms with Crippen LogP contribution < -0.4 is 4.90 Å². The minimum atomic E-state index is -3.66. The van der Waals surface area contributed by atoms with E-state index in [0.29, 0.717) is 6.42 Å².